The SMILES string of the molecule is c1ccc(-c2ccc(-c3nc(-c4ccc(Sc5cccc(-c6nc(-c7ccccc7)nc(-c7ccccc7)n6)c5)cc4)nc4c3sc3ccccc34)cc2)cc1. The molecule has 0 N–H and O–H groups in total. The number of fused-ring (bicyclic) bond motifs is 3. The van der Waals surface area contributed by atoms with E-state index in [9.17, 15) is 0 Å². The van der Waals surface area contributed by atoms with E-state index in [1.807, 2.05) is 66.7 Å². The fraction of sp³-hybridized carbons (Fsp3) is 0. The average molecular weight is 754 g/mol. The van der Waals surface area contributed by atoms with Crippen LogP contribution in [0.3, 0.4) is 0 Å². The van der Waals surface area contributed by atoms with Gasteiger partial charge in [0.1, 0.15) is 0 Å². The number of benzene rings is 7. The quantitative estimate of drug-likeness (QED) is 0.154. The zero-order chi connectivity index (χ0) is 37.3. The van der Waals surface area contributed by atoms with Crippen LogP contribution in [0.4, 0.5) is 0 Å². The maximum absolute atomic E-state index is 5.23. The zero-order valence-electron chi connectivity index (χ0n) is 30.0. The molecule has 0 saturated carbocycles. The van der Waals surface area contributed by atoms with Crippen LogP contribution in [0.25, 0.3) is 88.2 Å². The van der Waals surface area contributed by atoms with E-state index in [4.69, 9.17) is 24.9 Å². The standard InChI is InChI=1S/C49H31N5S2/c1-4-13-32(14-5-1)33-23-25-34(26-24-33)43-45-44(41-21-10-11-22-42(41)56-45)51-46(50-43)37-27-29-39(30-28-37)55-40-20-12-19-38(31-40)49-53-47(35-15-6-2-7-16-35)52-48(54-49)36-17-8-3-9-18-36/h1-31H. The molecule has 0 atom stereocenters. The molecule has 0 aliphatic carbocycles. The molecule has 3 aromatic heterocycles. The molecule has 0 fully saturated rings. The van der Waals surface area contributed by atoms with E-state index >= 15 is 0 Å². The summed E-state index contributed by atoms with van der Waals surface area (Å²) in [5.41, 5.74) is 9.16. The minimum Gasteiger partial charge on any atom is -0.226 e. The van der Waals surface area contributed by atoms with Gasteiger partial charge in [-0.3, -0.25) is 0 Å². The molecular formula is C49H31N5S2. The summed E-state index contributed by atoms with van der Waals surface area (Å²) in [7, 11) is 0. The highest BCUT2D eigenvalue weighted by Gasteiger charge is 2.17. The van der Waals surface area contributed by atoms with E-state index < -0.39 is 0 Å². The van der Waals surface area contributed by atoms with Gasteiger partial charge in [0.25, 0.3) is 0 Å². The summed E-state index contributed by atoms with van der Waals surface area (Å²) >= 11 is 3.45. The fourth-order valence-electron chi connectivity index (χ4n) is 6.81. The molecule has 56 heavy (non-hydrogen) atoms. The van der Waals surface area contributed by atoms with Gasteiger partial charge in [-0.25, -0.2) is 24.9 Å². The lowest BCUT2D eigenvalue weighted by atomic mass is 10.0. The van der Waals surface area contributed by atoms with Gasteiger partial charge >= 0.3 is 0 Å². The predicted octanol–water partition coefficient (Wildman–Crippen LogP) is 13.2. The first-order valence-corrected chi connectivity index (χ1v) is 20.0. The van der Waals surface area contributed by atoms with Crippen molar-refractivity contribution in [1.29, 1.82) is 0 Å². The topological polar surface area (TPSA) is 64.5 Å². The van der Waals surface area contributed by atoms with Gasteiger partial charge in [0.15, 0.2) is 23.3 Å². The highest BCUT2D eigenvalue weighted by atomic mass is 32.2. The Kier molecular flexibility index (Phi) is 8.91. The summed E-state index contributed by atoms with van der Waals surface area (Å²) in [5.74, 6) is 2.63. The summed E-state index contributed by atoms with van der Waals surface area (Å²) in [6.07, 6.45) is 0. The van der Waals surface area contributed by atoms with Crippen LogP contribution >= 0.6 is 23.1 Å². The Morgan fingerprint density at radius 1 is 0.339 bits per heavy atom. The van der Waals surface area contributed by atoms with Crippen molar-refractivity contribution in [2.45, 2.75) is 9.79 Å². The molecule has 0 spiro atoms. The molecule has 0 saturated heterocycles. The van der Waals surface area contributed by atoms with Gasteiger partial charge in [-0.15, -0.1) is 11.3 Å². The molecule has 7 aromatic carbocycles. The zero-order valence-corrected chi connectivity index (χ0v) is 31.6. The summed E-state index contributed by atoms with van der Waals surface area (Å²) in [5, 5.41) is 1.15. The van der Waals surface area contributed by atoms with Crippen molar-refractivity contribution in [3.8, 4) is 67.9 Å². The molecule has 5 nitrogen and oxygen atoms in total. The number of hydrogen-bond donors (Lipinski definition) is 0. The molecule has 0 aliphatic heterocycles. The van der Waals surface area contributed by atoms with E-state index in [1.165, 1.54) is 15.8 Å². The van der Waals surface area contributed by atoms with Crippen LogP contribution < -0.4 is 0 Å². The monoisotopic (exact) mass is 753 g/mol. The Labute approximate surface area is 332 Å². The highest BCUT2D eigenvalue weighted by molar-refractivity contribution is 7.99. The minimum atomic E-state index is 0.634. The summed E-state index contributed by atoms with van der Waals surface area (Å²) in [6.45, 7) is 0. The van der Waals surface area contributed by atoms with Crippen LogP contribution in [0, 0.1) is 0 Å². The van der Waals surface area contributed by atoms with Gasteiger partial charge in [0.05, 0.1) is 15.9 Å². The van der Waals surface area contributed by atoms with E-state index in [0.29, 0.717) is 23.3 Å². The number of aromatic nitrogens is 5. The largest absolute Gasteiger partial charge is 0.226 e. The van der Waals surface area contributed by atoms with Crippen LogP contribution in [0.15, 0.2) is 198 Å². The van der Waals surface area contributed by atoms with Crippen molar-refractivity contribution in [3.05, 3.63) is 188 Å². The normalized spacial score (nSPS) is 11.3. The Hall–Kier alpha value is -6.80. The Bertz CT molecular complexity index is 2910. The van der Waals surface area contributed by atoms with Crippen LogP contribution in [-0.4, -0.2) is 24.9 Å². The molecule has 0 aliphatic rings. The smallest absolute Gasteiger partial charge is 0.164 e. The lowest BCUT2D eigenvalue weighted by Crippen LogP contribution is -2.00. The van der Waals surface area contributed by atoms with Crippen molar-refractivity contribution >= 4 is 43.4 Å². The van der Waals surface area contributed by atoms with Crippen molar-refractivity contribution < 1.29 is 0 Å². The third-order valence-electron chi connectivity index (χ3n) is 9.63. The van der Waals surface area contributed by atoms with Crippen LogP contribution in [0.2, 0.25) is 0 Å². The summed E-state index contributed by atoms with van der Waals surface area (Å²) in [6, 6.07) is 64.7. The molecule has 10 rings (SSSR count). The van der Waals surface area contributed by atoms with Gasteiger partial charge in [0.2, 0.25) is 0 Å². The minimum absolute atomic E-state index is 0.634. The second kappa shape index (κ2) is 14.8. The molecule has 264 valence electrons. The van der Waals surface area contributed by atoms with Crippen molar-refractivity contribution in [2.24, 2.45) is 0 Å². The molecular weight excluding hydrogens is 723 g/mol. The summed E-state index contributed by atoms with van der Waals surface area (Å²) < 4.78 is 2.30. The first kappa shape index (κ1) is 33.7. The lowest BCUT2D eigenvalue weighted by molar-refractivity contribution is 1.07. The first-order chi connectivity index (χ1) is 27.7. The molecule has 0 amide bonds. The van der Waals surface area contributed by atoms with Crippen LogP contribution in [0.5, 0.6) is 0 Å². The third kappa shape index (κ3) is 6.75. The molecule has 0 unspecified atom stereocenters. The van der Waals surface area contributed by atoms with Gasteiger partial charge in [-0.2, -0.15) is 0 Å². The van der Waals surface area contributed by atoms with E-state index in [1.54, 1.807) is 23.1 Å². The molecule has 10 aromatic rings. The van der Waals surface area contributed by atoms with Crippen molar-refractivity contribution in [1.82, 2.24) is 24.9 Å². The highest BCUT2D eigenvalue weighted by Crippen LogP contribution is 2.40. The Morgan fingerprint density at radius 2 is 0.821 bits per heavy atom. The molecule has 7 heteroatoms. The predicted molar refractivity (Wildman–Crippen MR) is 231 cm³/mol. The van der Waals surface area contributed by atoms with E-state index in [-0.39, 0.29) is 0 Å². The van der Waals surface area contributed by atoms with Gasteiger partial charge in [-0.1, -0.05) is 169 Å². The number of rotatable bonds is 8. The lowest BCUT2D eigenvalue weighted by Gasteiger charge is -2.10. The van der Waals surface area contributed by atoms with Crippen molar-refractivity contribution in [3.63, 3.8) is 0 Å². The second-order valence-corrected chi connectivity index (χ2v) is 15.5. The van der Waals surface area contributed by atoms with Crippen molar-refractivity contribution in [2.75, 3.05) is 0 Å². The first-order valence-electron chi connectivity index (χ1n) is 18.3. The fourth-order valence-corrected chi connectivity index (χ4v) is 8.84. The Balaban J connectivity index is 0.971. The maximum Gasteiger partial charge on any atom is 0.164 e. The molecule has 0 radical (unpaired) electrons. The van der Waals surface area contributed by atoms with E-state index in [0.717, 1.165) is 58.9 Å². The Morgan fingerprint density at radius 3 is 1.48 bits per heavy atom. The van der Waals surface area contributed by atoms with Gasteiger partial charge in [-0.05, 0) is 41.5 Å². The number of nitrogens with zero attached hydrogens (tertiary/aromatic N) is 5. The van der Waals surface area contributed by atoms with Crippen LogP contribution in [-0.2, 0) is 0 Å². The average Bonchev–Trinajstić information content (AvgIpc) is 3.66. The molecule has 3 heterocycles. The third-order valence-corrected chi connectivity index (χ3v) is 11.8. The number of hydrogen-bond acceptors (Lipinski definition) is 7. The maximum atomic E-state index is 5.23. The second-order valence-electron chi connectivity index (χ2n) is 13.3. The van der Waals surface area contributed by atoms with Gasteiger partial charge in [0, 0.05) is 47.7 Å². The molecule has 0 bridgehead atoms. The number of thiophene rings is 1. The van der Waals surface area contributed by atoms with E-state index in [2.05, 4.69) is 121 Å². The van der Waals surface area contributed by atoms with Gasteiger partial charge < -0.3 is 0 Å². The summed E-state index contributed by atoms with van der Waals surface area (Å²) in [4.78, 5) is 27.3. The van der Waals surface area contributed by atoms with Crippen LogP contribution in [0.1, 0.15) is 0 Å².